The molecule has 1 aromatic carbocycles. The number of carboxylic acids is 1. The number of benzene rings is 1. The third kappa shape index (κ3) is 4.17. The van der Waals surface area contributed by atoms with E-state index in [0.717, 1.165) is 26.2 Å². The summed E-state index contributed by atoms with van der Waals surface area (Å²) in [6, 6.07) is 3.45. The summed E-state index contributed by atoms with van der Waals surface area (Å²) >= 11 is 0. The van der Waals surface area contributed by atoms with Crippen LogP contribution in [0.5, 0.6) is 5.75 Å². The van der Waals surface area contributed by atoms with Crippen molar-refractivity contribution in [3.05, 3.63) is 42.2 Å². The normalized spacial score (nSPS) is 17.2. The molecular formula is C17H22FN5O3. The van der Waals surface area contributed by atoms with Crippen LogP contribution in [0.3, 0.4) is 0 Å². The Kier molecular flexibility index (Phi) is 5.79. The Labute approximate surface area is 150 Å². The molecule has 2 aromatic rings. The van der Waals surface area contributed by atoms with Gasteiger partial charge in [-0.15, -0.1) is 0 Å². The van der Waals surface area contributed by atoms with E-state index in [2.05, 4.69) is 15.0 Å². The van der Waals surface area contributed by atoms with Crippen molar-refractivity contribution in [1.29, 1.82) is 0 Å². The maximum Gasteiger partial charge on any atom is 0.325 e. The third-order valence-electron chi connectivity index (χ3n) is 4.61. The molecule has 1 fully saturated rings. The molecule has 26 heavy (non-hydrogen) atoms. The lowest BCUT2D eigenvalue weighted by Gasteiger charge is -2.37. The largest absolute Gasteiger partial charge is 0.494 e. The highest BCUT2D eigenvalue weighted by Crippen LogP contribution is 2.27. The molecule has 1 N–H and O–H groups in total. The zero-order valence-corrected chi connectivity index (χ0v) is 14.6. The lowest BCUT2D eigenvalue weighted by molar-refractivity contribution is -0.144. The zero-order valence-electron chi connectivity index (χ0n) is 14.6. The van der Waals surface area contributed by atoms with Crippen LogP contribution >= 0.6 is 0 Å². The van der Waals surface area contributed by atoms with Crippen molar-refractivity contribution in [2.24, 2.45) is 0 Å². The summed E-state index contributed by atoms with van der Waals surface area (Å²) in [5, 5.41) is 13.7. The number of nitrogens with zero attached hydrogens (tertiary/aromatic N) is 5. The number of aromatic nitrogens is 3. The minimum atomic E-state index is -0.981. The first kappa shape index (κ1) is 18.3. The fourth-order valence-electron chi connectivity index (χ4n) is 3.20. The number of carbonyl (C=O) groups is 1. The van der Waals surface area contributed by atoms with Crippen molar-refractivity contribution in [3.8, 4) is 5.75 Å². The Morgan fingerprint density at radius 3 is 2.65 bits per heavy atom. The van der Waals surface area contributed by atoms with Gasteiger partial charge in [-0.3, -0.25) is 19.3 Å². The first-order chi connectivity index (χ1) is 12.6. The molecule has 0 bridgehead atoms. The number of rotatable bonds is 7. The fourth-order valence-corrected chi connectivity index (χ4v) is 3.20. The molecule has 1 aromatic heterocycles. The maximum absolute atomic E-state index is 14.0. The van der Waals surface area contributed by atoms with Gasteiger partial charge >= 0.3 is 5.97 Å². The molecule has 1 atom stereocenters. The standard InChI is InChI=1S/C17H22FN5O3/c1-26-15-3-2-13(10-14(15)18)16(17(24)25)22-7-4-21(5-8-22)6-9-23-12-19-11-20-23/h2-3,10-12,16H,4-9H2,1H3,(H,24,25). The number of ether oxygens (including phenoxy) is 1. The quantitative estimate of drug-likeness (QED) is 0.781. The van der Waals surface area contributed by atoms with Crippen LogP contribution in [0.25, 0.3) is 0 Å². The Balaban J connectivity index is 1.61. The molecular weight excluding hydrogens is 341 g/mol. The van der Waals surface area contributed by atoms with Crippen LogP contribution in [0, 0.1) is 5.82 Å². The van der Waals surface area contributed by atoms with E-state index >= 15 is 0 Å². The summed E-state index contributed by atoms with van der Waals surface area (Å²) in [5.41, 5.74) is 0.423. The molecule has 2 heterocycles. The summed E-state index contributed by atoms with van der Waals surface area (Å²) in [4.78, 5) is 19.8. The Hall–Kier alpha value is -2.52. The van der Waals surface area contributed by atoms with Gasteiger partial charge in [-0.05, 0) is 17.7 Å². The summed E-state index contributed by atoms with van der Waals surface area (Å²) in [6.45, 7) is 4.26. The van der Waals surface area contributed by atoms with Crippen LogP contribution < -0.4 is 4.74 Å². The molecule has 0 saturated carbocycles. The summed E-state index contributed by atoms with van der Waals surface area (Å²) < 4.78 is 20.7. The van der Waals surface area contributed by atoms with Crippen LogP contribution in [0.1, 0.15) is 11.6 Å². The Bertz CT molecular complexity index is 732. The second-order valence-corrected chi connectivity index (χ2v) is 6.17. The lowest BCUT2D eigenvalue weighted by atomic mass is 10.0. The number of halogens is 1. The van der Waals surface area contributed by atoms with Gasteiger partial charge in [-0.1, -0.05) is 6.07 Å². The van der Waals surface area contributed by atoms with Gasteiger partial charge in [0.1, 0.15) is 18.7 Å². The molecule has 0 aliphatic carbocycles. The molecule has 1 aliphatic rings. The minimum Gasteiger partial charge on any atom is -0.494 e. The predicted octanol–water partition coefficient (Wildman–Crippen LogP) is 0.869. The maximum atomic E-state index is 14.0. The van der Waals surface area contributed by atoms with E-state index in [0.29, 0.717) is 18.7 Å². The minimum absolute atomic E-state index is 0.107. The number of methoxy groups -OCH3 is 1. The van der Waals surface area contributed by atoms with E-state index in [1.807, 2.05) is 4.90 Å². The van der Waals surface area contributed by atoms with E-state index < -0.39 is 17.8 Å². The molecule has 0 spiro atoms. The van der Waals surface area contributed by atoms with E-state index in [9.17, 15) is 14.3 Å². The highest BCUT2D eigenvalue weighted by atomic mass is 19.1. The summed E-state index contributed by atoms with van der Waals surface area (Å²) in [6.07, 6.45) is 3.18. The highest BCUT2D eigenvalue weighted by Gasteiger charge is 2.30. The van der Waals surface area contributed by atoms with Crippen molar-refractivity contribution in [2.75, 3.05) is 39.8 Å². The Morgan fingerprint density at radius 1 is 1.31 bits per heavy atom. The van der Waals surface area contributed by atoms with Gasteiger partial charge in [0.25, 0.3) is 0 Å². The molecule has 3 rings (SSSR count). The van der Waals surface area contributed by atoms with Crippen molar-refractivity contribution >= 4 is 5.97 Å². The van der Waals surface area contributed by atoms with Gasteiger partial charge in [-0.25, -0.2) is 9.37 Å². The van der Waals surface area contributed by atoms with E-state index in [1.165, 1.54) is 25.6 Å². The van der Waals surface area contributed by atoms with Gasteiger partial charge in [0.2, 0.25) is 0 Å². The smallest absolute Gasteiger partial charge is 0.325 e. The molecule has 1 unspecified atom stereocenters. The van der Waals surface area contributed by atoms with Crippen molar-refractivity contribution < 1.29 is 19.0 Å². The average Bonchev–Trinajstić information content (AvgIpc) is 3.15. The van der Waals surface area contributed by atoms with Gasteiger partial charge in [0.05, 0.1) is 13.7 Å². The van der Waals surface area contributed by atoms with Crippen LogP contribution in [-0.2, 0) is 11.3 Å². The van der Waals surface area contributed by atoms with E-state index in [4.69, 9.17) is 4.74 Å². The monoisotopic (exact) mass is 363 g/mol. The van der Waals surface area contributed by atoms with Crippen molar-refractivity contribution in [3.63, 3.8) is 0 Å². The van der Waals surface area contributed by atoms with Gasteiger partial charge in [0.15, 0.2) is 11.6 Å². The second-order valence-electron chi connectivity index (χ2n) is 6.17. The first-order valence-electron chi connectivity index (χ1n) is 8.43. The molecule has 1 aliphatic heterocycles. The number of carboxylic acid groups (broad SMARTS) is 1. The van der Waals surface area contributed by atoms with Crippen molar-refractivity contribution in [2.45, 2.75) is 12.6 Å². The SMILES string of the molecule is COc1ccc(C(C(=O)O)N2CCN(CCn3cncn3)CC2)cc1F. The van der Waals surface area contributed by atoms with Crippen molar-refractivity contribution in [1.82, 2.24) is 24.6 Å². The van der Waals surface area contributed by atoms with Gasteiger partial charge < -0.3 is 9.84 Å². The fraction of sp³-hybridized carbons (Fsp3) is 0.471. The molecule has 140 valence electrons. The molecule has 0 amide bonds. The summed E-state index contributed by atoms with van der Waals surface area (Å²) in [7, 11) is 1.38. The van der Waals surface area contributed by atoms with Crippen LogP contribution in [0.15, 0.2) is 30.9 Å². The summed E-state index contributed by atoms with van der Waals surface area (Å²) in [5.74, 6) is -1.43. The first-order valence-corrected chi connectivity index (χ1v) is 8.43. The van der Waals surface area contributed by atoms with Crippen LogP contribution in [-0.4, -0.2) is 75.5 Å². The van der Waals surface area contributed by atoms with E-state index in [1.54, 1.807) is 17.1 Å². The van der Waals surface area contributed by atoms with Crippen LogP contribution in [0.4, 0.5) is 4.39 Å². The van der Waals surface area contributed by atoms with Gasteiger partial charge in [0, 0.05) is 32.7 Å². The molecule has 1 saturated heterocycles. The van der Waals surface area contributed by atoms with Gasteiger partial charge in [-0.2, -0.15) is 5.10 Å². The highest BCUT2D eigenvalue weighted by molar-refractivity contribution is 5.75. The number of hydrogen-bond acceptors (Lipinski definition) is 6. The zero-order chi connectivity index (χ0) is 18.5. The molecule has 9 heteroatoms. The topological polar surface area (TPSA) is 83.7 Å². The Morgan fingerprint density at radius 2 is 2.08 bits per heavy atom. The van der Waals surface area contributed by atoms with E-state index in [-0.39, 0.29) is 5.75 Å². The average molecular weight is 363 g/mol. The number of aliphatic carboxylic acids is 1. The third-order valence-corrected chi connectivity index (χ3v) is 4.61. The second kappa shape index (κ2) is 8.24. The number of hydrogen-bond donors (Lipinski definition) is 1. The molecule has 8 nitrogen and oxygen atoms in total. The van der Waals surface area contributed by atoms with Crippen LogP contribution in [0.2, 0.25) is 0 Å². The predicted molar refractivity (Wildman–Crippen MR) is 91.4 cm³/mol. The molecule has 0 radical (unpaired) electrons. The number of piperazine rings is 1. The lowest BCUT2D eigenvalue weighted by Crippen LogP contribution is -2.49.